The van der Waals surface area contributed by atoms with Crippen molar-refractivity contribution in [3.8, 4) is 11.5 Å². The van der Waals surface area contributed by atoms with Crippen molar-refractivity contribution in [1.29, 1.82) is 0 Å². The highest BCUT2D eigenvalue weighted by atomic mass is 32.2. The number of nitrogens with zero attached hydrogens (tertiary/aromatic N) is 5. The Morgan fingerprint density at radius 2 is 1.66 bits per heavy atom. The van der Waals surface area contributed by atoms with Gasteiger partial charge in [0, 0.05) is 42.4 Å². The van der Waals surface area contributed by atoms with Gasteiger partial charge in [0.2, 0.25) is 15.0 Å². The van der Waals surface area contributed by atoms with Gasteiger partial charge in [-0.15, -0.1) is 5.54 Å². The summed E-state index contributed by atoms with van der Waals surface area (Å²) in [5.41, 5.74) is 6.86. The zero-order valence-corrected chi connectivity index (χ0v) is 23.9. The first kappa shape index (κ1) is 26.8. The monoisotopic (exact) mass is 513 g/mol. The summed E-state index contributed by atoms with van der Waals surface area (Å²) in [4.78, 5) is 22.0. The molecule has 8 nitrogen and oxygen atoms in total. The highest BCUT2D eigenvalue weighted by molar-refractivity contribution is 7.90. The molecule has 0 aliphatic rings. The lowest BCUT2D eigenvalue weighted by Crippen LogP contribution is -2.43. The summed E-state index contributed by atoms with van der Waals surface area (Å²) in [5, 5.41) is 4.44. The van der Waals surface area contributed by atoms with Crippen LogP contribution in [0.1, 0.15) is 58.2 Å². The Morgan fingerprint density at radius 1 is 1.06 bits per heavy atom. The first-order valence-electron chi connectivity index (χ1n) is 11.8. The van der Waals surface area contributed by atoms with E-state index in [1.54, 1.807) is 24.9 Å². The molecule has 0 aromatic carbocycles. The van der Waals surface area contributed by atoms with E-state index in [0.29, 0.717) is 33.1 Å². The third-order valence-electron chi connectivity index (χ3n) is 6.91. The largest absolute Gasteiger partial charge is 0.288 e. The fourth-order valence-corrected chi connectivity index (χ4v) is 10.9. The van der Waals surface area contributed by atoms with Gasteiger partial charge in [-0.1, -0.05) is 47.5 Å². The van der Waals surface area contributed by atoms with Crippen LogP contribution in [0.15, 0.2) is 28.5 Å². The van der Waals surface area contributed by atoms with Crippen molar-refractivity contribution in [2.45, 2.75) is 76.8 Å². The number of aromatic nitrogens is 5. The molecule has 35 heavy (non-hydrogen) atoms. The van der Waals surface area contributed by atoms with Crippen molar-refractivity contribution >= 4 is 28.9 Å². The molecule has 0 fully saturated rings. The lowest BCUT2D eigenvalue weighted by Gasteiger charge is -2.38. The molecular formula is C25H35N5O3SSi. The smallest absolute Gasteiger partial charge is 0.256 e. The quantitative estimate of drug-likeness (QED) is 0.282. The molecule has 3 aromatic heterocycles. The molecule has 3 heterocycles. The van der Waals surface area contributed by atoms with Crippen molar-refractivity contribution in [3.05, 3.63) is 45.6 Å². The van der Waals surface area contributed by atoms with E-state index in [-0.39, 0.29) is 22.9 Å². The first-order valence-corrected chi connectivity index (χ1v) is 15.9. The molecule has 0 saturated heterocycles. The summed E-state index contributed by atoms with van der Waals surface area (Å²) in [6, 6.07) is 0. The van der Waals surface area contributed by atoms with Crippen molar-refractivity contribution in [1.82, 2.24) is 24.3 Å². The number of pyridine rings is 1. The van der Waals surface area contributed by atoms with E-state index in [4.69, 9.17) is 0 Å². The maximum atomic E-state index is 13.6. The van der Waals surface area contributed by atoms with Gasteiger partial charge in [0.1, 0.15) is 13.7 Å². The number of aryl methyl sites for hydroxylation is 1. The average Bonchev–Trinajstić information content (AvgIpc) is 3.16. The number of fused-ring (bicyclic) bond motifs is 1. The Kier molecular flexibility index (Phi) is 7.44. The van der Waals surface area contributed by atoms with Crippen LogP contribution in [-0.2, 0) is 23.4 Å². The Balaban J connectivity index is 2.39. The summed E-state index contributed by atoms with van der Waals surface area (Å²) in [7, 11) is -3.94. The molecule has 0 aliphatic heterocycles. The van der Waals surface area contributed by atoms with Crippen LogP contribution in [0.4, 0.5) is 0 Å². The van der Waals surface area contributed by atoms with Gasteiger partial charge in [0.15, 0.2) is 0 Å². The molecule has 3 rings (SSSR count). The minimum atomic E-state index is -3.67. The Bertz CT molecular complexity index is 1470. The summed E-state index contributed by atoms with van der Waals surface area (Å²) >= 11 is 0. The molecule has 0 N–H and O–H groups in total. The highest BCUT2D eigenvalue weighted by Gasteiger charge is 2.41. The standard InChI is InChI=1S/C25H35N5O3SSi/c1-16(2)35(17(3)4,18(5)6)11-10-21-19(7)24(31)30(15-20-12-27-29(8)14-20)23-22(21)13-26-25(28-23)34(9,32)33/h12-14,16-18H,15H2,1-9H3. The van der Waals surface area contributed by atoms with Gasteiger partial charge in [-0.2, -0.15) is 10.1 Å². The second kappa shape index (κ2) is 9.70. The molecule has 3 aromatic rings. The van der Waals surface area contributed by atoms with Crippen molar-refractivity contribution in [2.24, 2.45) is 7.05 Å². The lowest BCUT2D eigenvalue weighted by molar-refractivity contribution is 0.593. The van der Waals surface area contributed by atoms with Gasteiger partial charge in [0.25, 0.3) is 5.56 Å². The normalized spacial score (nSPS) is 12.6. The second-order valence-electron chi connectivity index (χ2n) is 10.2. The molecule has 10 heteroatoms. The van der Waals surface area contributed by atoms with Crippen molar-refractivity contribution < 1.29 is 8.42 Å². The van der Waals surface area contributed by atoms with Crippen LogP contribution in [0.2, 0.25) is 16.6 Å². The maximum Gasteiger partial charge on any atom is 0.256 e. The average molecular weight is 514 g/mol. The van der Waals surface area contributed by atoms with Crippen LogP contribution in [0.3, 0.4) is 0 Å². The maximum absolute atomic E-state index is 13.6. The minimum Gasteiger partial charge on any atom is -0.288 e. The molecule has 0 bridgehead atoms. The number of hydrogen-bond acceptors (Lipinski definition) is 6. The predicted octanol–water partition coefficient (Wildman–Crippen LogP) is 3.85. The molecule has 0 saturated carbocycles. The van der Waals surface area contributed by atoms with Crippen LogP contribution in [0.5, 0.6) is 0 Å². The number of hydrogen-bond donors (Lipinski definition) is 0. The second-order valence-corrected chi connectivity index (χ2v) is 17.7. The topological polar surface area (TPSA) is 99.7 Å². The van der Waals surface area contributed by atoms with E-state index in [2.05, 4.69) is 68.1 Å². The molecule has 0 unspecified atom stereocenters. The van der Waals surface area contributed by atoms with Crippen LogP contribution < -0.4 is 5.56 Å². The minimum absolute atomic E-state index is 0.209. The molecule has 0 amide bonds. The van der Waals surface area contributed by atoms with E-state index in [1.807, 2.05) is 6.20 Å². The third kappa shape index (κ3) is 4.97. The Hall–Kier alpha value is -2.77. The fourth-order valence-electron chi connectivity index (χ4n) is 5.17. The van der Waals surface area contributed by atoms with Crippen LogP contribution >= 0.6 is 0 Å². The number of sulfone groups is 1. The van der Waals surface area contributed by atoms with Gasteiger partial charge < -0.3 is 0 Å². The van der Waals surface area contributed by atoms with Crippen molar-refractivity contribution in [2.75, 3.05) is 6.26 Å². The van der Waals surface area contributed by atoms with Gasteiger partial charge in [0.05, 0.1) is 18.1 Å². The van der Waals surface area contributed by atoms with Crippen LogP contribution in [0.25, 0.3) is 11.0 Å². The SMILES string of the molecule is Cc1c(C#C[Si](C(C)C)(C(C)C)C(C)C)c2cnc(S(C)(=O)=O)nc2n(Cc2cnn(C)c2)c1=O. The van der Waals surface area contributed by atoms with E-state index >= 15 is 0 Å². The molecule has 188 valence electrons. The highest BCUT2D eigenvalue weighted by Crippen LogP contribution is 2.41. The Morgan fingerprint density at radius 3 is 2.14 bits per heavy atom. The summed E-state index contributed by atoms with van der Waals surface area (Å²) in [6.07, 6.45) is 6.03. The van der Waals surface area contributed by atoms with Crippen LogP contribution in [-0.4, -0.2) is 47.1 Å². The molecule has 0 aliphatic carbocycles. The number of rotatable bonds is 6. The van der Waals surface area contributed by atoms with E-state index < -0.39 is 17.9 Å². The van der Waals surface area contributed by atoms with Crippen LogP contribution in [0, 0.1) is 18.4 Å². The third-order valence-corrected chi connectivity index (χ3v) is 14.1. The summed E-state index contributed by atoms with van der Waals surface area (Å²) < 4.78 is 27.6. The molecular weight excluding hydrogens is 478 g/mol. The summed E-state index contributed by atoms with van der Waals surface area (Å²) in [5.74, 6) is 3.39. The fraction of sp³-hybridized carbons (Fsp3) is 0.520. The van der Waals surface area contributed by atoms with Gasteiger partial charge in [-0.25, -0.2) is 13.4 Å². The zero-order chi connectivity index (χ0) is 26.3. The van der Waals surface area contributed by atoms with E-state index in [1.165, 1.54) is 10.8 Å². The zero-order valence-electron chi connectivity index (χ0n) is 22.0. The summed E-state index contributed by atoms with van der Waals surface area (Å²) in [6.45, 7) is 15.4. The molecule has 0 spiro atoms. The van der Waals surface area contributed by atoms with Gasteiger partial charge in [-0.3, -0.25) is 14.0 Å². The first-order chi connectivity index (χ1) is 16.2. The van der Waals surface area contributed by atoms with Gasteiger partial charge in [-0.05, 0) is 23.5 Å². The predicted molar refractivity (Wildman–Crippen MR) is 142 cm³/mol. The van der Waals surface area contributed by atoms with Crippen molar-refractivity contribution in [3.63, 3.8) is 0 Å². The Labute approximate surface area is 208 Å². The van der Waals surface area contributed by atoms with E-state index in [0.717, 1.165) is 11.8 Å². The van der Waals surface area contributed by atoms with E-state index in [9.17, 15) is 13.2 Å². The molecule has 0 atom stereocenters. The van der Waals surface area contributed by atoms with Gasteiger partial charge >= 0.3 is 0 Å². The lowest BCUT2D eigenvalue weighted by atomic mass is 10.1. The molecule has 0 radical (unpaired) electrons.